The molecule has 11 heavy (non-hydrogen) atoms. The van der Waals surface area contributed by atoms with Gasteiger partial charge >= 0.3 is 0 Å². The quantitative estimate of drug-likeness (QED) is 0.673. The minimum Gasteiger partial charge on any atom is -0.380 e. The maximum Gasteiger partial charge on any atom is 0.120 e. The Morgan fingerprint density at radius 2 is 1.91 bits per heavy atom. The fourth-order valence-corrected chi connectivity index (χ4v) is 1.00. The molecule has 0 aliphatic carbocycles. The van der Waals surface area contributed by atoms with Gasteiger partial charge in [-0.25, -0.2) is 0 Å². The molecule has 0 aromatic heterocycles. The molecule has 1 aromatic rings. The lowest BCUT2D eigenvalue weighted by atomic mass is 10.2. The van der Waals surface area contributed by atoms with Crippen LogP contribution in [0.3, 0.4) is 0 Å². The van der Waals surface area contributed by atoms with Crippen molar-refractivity contribution in [1.29, 1.82) is 0 Å². The molecule has 1 aromatic carbocycles. The van der Waals surface area contributed by atoms with Crippen molar-refractivity contribution < 1.29 is 0 Å². The Balaban J connectivity index is 2.52. The molecule has 1 nitrogen and oxygen atoms in total. The first-order chi connectivity index (χ1) is 5.33. The lowest BCUT2D eigenvalue weighted by Gasteiger charge is -2.01. The average Bonchev–Trinajstić information content (AvgIpc) is 2.04. The molecule has 0 heterocycles. The third-order valence-electron chi connectivity index (χ3n) is 1.51. The van der Waals surface area contributed by atoms with E-state index in [0.29, 0.717) is 0 Å². The highest BCUT2D eigenvalue weighted by atomic mass is 32.1. The van der Waals surface area contributed by atoms with Crippen LogP contribution in [0.5, 0.6) is 0 Å². The second-order valence-corrected chi connectivity index (χ2v) is 3.04. The molecule has 0 aliphatic heterocycles. The molecular weight excluding hydrogens is 154 g/mol. The van der Waals surface area contributed by atoms with Crippen molar-refractivity contribution in [2.75, 3.05) is 17.6 Å². The van der Waals surface area contributed by atoms with Crippen LogP contribution in [-0.2, 0) is 12.6 Å². The van der Waals surface area contributed by atoms with E-state index in [1.54, 1.807) is 0 Å². The van der Waals surface area contributed by atoms with Crippen molar-refractivity contribution in [3.63, 3.8) is 0 Å². The van der Waals surface area contributed by atoms with Crippen LogP contribution in [0.15, 0.2) is 24.3 Å². The third kappa shape index (κ3) is 2.85. The summed E-state index contributed by atoms with van der Waals surface area (Å²) in [5, 5.41) is 3.27. The minimum absolute atomic E-state index is 0.972. The fraction of sp³-hybridized carbons (Fsp3) is 0.333. The molecule has 0 spiro atoms. The first kappa shape index (κ1) is 8.47. The number of benzene rings is 1. The van der Waals surface area contributed by atoms with Crippen molar-refractivity contribution in [2.24, 2.45) is 0 Å². The predicted octanol–water partition coefficient (Wildman–Crippen LogP) is 1.42. The fourth-order valence-electron chi connectivity index (χ4n) is 0.878. The number of aryl methyl sites for hydroxylation is 1. The molecule has 0 saturated carbocycles. The van der Waals surface area contributed by atoms with E-state index in [9.17, 15) is 0 Å². The zero-order valence-corrected chi connectivity index (χ0v) is 7.72. The summed E-state index contributed by atoms with van der Waals surface area (Å²) in [6, 6.07) is 8.40. The van der Waals surface area contributed by atoms with Crippen molar-refractivity contribution in [1.82, 2.24) is 0 Å². The van der Waals surface area contributed by atoms with Gasteiger partial charge in [-0.15, -0.1) is 0 Å². The summed E-state index contributed by atoms with van der Waals surface area (Å²) >= 11 is 3.40. The number of hydrogen-bond acceptors (Lipinski definition) is 1. The molecule has 1 N–H and O–H groups in total. The molecule has 0 fully saturated rings. The van der Waals surface area contributed by atoms with Crippen LogP contribution in [0.1, 0.15) is 5.56 Å². The summed E-state index contributed by atoms with van der Waals surface area (Å²) in [7, 11) is 0. The van der Waals surface area contributed by atoms with Gasteiger partial charge in [0.25, 0.3) is 0 Å². The highest BCUT2D eigenvalue weighted by Crippen LogP contribution is 2.07. The van der Waals surface area contributed by atoms with E-state index in [1.165, 1.54) is 11.3 Å². The van der Waals surface area contributed by atoms with E-state index >= 15 is 0 Å². The highest BCUT2D eigenvalue weighted by Gasteiger charge is 1.89. The summed E-state index contributed by atoms with van der Waals surface area (Å²) in [6.45, 7) is 3.06. The first-order valence-electron chi connectivity index (χ1n) is 3.78. The van der Waals surface area contributed by atoms with Crippen LogP contribution in [0.4, 0.5) is 5.69 Å². The normalized spacial score (nSPS) is 9.64. The molecule has 0 atom stereocenters. The lowest BCUT2D eigenvalue weighted by molar-refractivity contribution is 1.23. The van der Waals surface area contributed by atoms with Crippen LogP contribution in [0, 0.1) is 6.92 Å². The van der Waals surface area contributed by atoms with Crippen LogP contribution in [0.2, 0.25) is 0 Å². The zero-order chi connectivity index (χ0) is 8.10. The van der Waals surface area contributed by atoms with Gasteiger partial charge in [0, 0.05) is 5.69 Å². The number of hydrogen-bond donors (Lipinski definition) is 1. The Kier molecular flexibility index (Phi) is 3.30. The van der Waals surface area contributed by atoms with Gasteiger partial charge in [-0.1, -0.05) is 17.7 Å². The van der Waals surface area contributed by atoms with Crippen LogP contribution in [-0.4, -0.2) is 12.3 Å². The Labute approximate surface area is 73.2 Å². The lowest BCUT2D eigenvalue weighted by Crippen LogP contribution is -2.03. The monoisotopic (exact) mass is 168 g/mol. The Morgan fingerprint density at radius 1 is 1.27 bits per heavy atom. The maximum atomic E-state index is 3.40. The molecular formula is C9H14NS+. The van der Waals surface area contributed by atoms with E-state index in [0.717, 1.165) is 12.3 Å². The summed E-state index contributed by atoms with van der Waals surface area (Å²) in [6.07, 6.45) is 0. The van der Waals surface area contributed by atoms with Crippen LogP contribution >= 0.6 is 0 Å². The number of nitrogens with one attached hydrogen (secondary N) is 1. The van der Waals surface area contributed by atoms with Gasteiger partial charge in [0.2, 0.25) is 0 Å². The molecule has 2 heteroatoms. The van der Waals surface area contributed by atoms with Crippen molar-refractivity contribution in [3.05, 3.63) is 29.8 Å². The largest absolute Gasteiger partial charge is 0.380 e. The second kappa shape index (κ2) is 4.29. The SMILES string of the molecule is Cc1ccc(NCC[SH2+])cc1. The molecule has 0 amide bonds. The van der Waals surface area contributed by atoms with Gasteiger partial charge in [-0.3, -0.25) is 0 Å². The smallest absolute Gasteiger partial charge is 0.120 e. The van der Waals surface area contributed by atoms with Crippen molar-refractivity contribution in [2.45, 2.75) is 6.92 Å². The number of rotatable bonds is 3. The molecule has 60 valence electrons. The summed E-state index contributed by atoms with van der Waals surface area (Å²) in [5.74, 6) is 0.980. The van der Waals surface area contributed by atoms with E-state index < -0.39 is 0 Å². The van der Waals surface area contributed by atoms with Gasteiger partial charge < -0.3 is 5.32 Å². The Hall–Kier alpha value is -0.630. The molecule has 1 rings (SSSR count). The van der Waals surface area contributed by atoms with Crippen molar-refractivity contribution >= 4 is 18.3 Å². The van der Waals surface area contributed by atoms with Gasteiger partial charge in [0.15, 0.2) is 0 Å². The summed E-state index contributed by atoms with van der Waals surface area (Å²) < 4.78 is 0. The highest BCUT2D eigenvalue weighted by molar-refractivity contribution is 7.58. The standard InChI is InChI=1S/C9H13NS/c1-8-2-4-9(5-3-8)10-6-7-11/h2-5,10-11H,6-7H2,1H3/p+1. The zero-order valence-electron chi connectivity index (χ0n) is 6.72. The Morgan fingerprint density at radius 3 is 2.45 bits per heavy atom. The first-order valence-corrected chi connectivity index (χ1v) is 4.49. The average molecular weight is 168 g/mol. The van der Waals surface area contributed by atoms with E-state index in [2.05, 4.69) is 49.1 Å². The number of anilines is 1. The second-order valence-electron chi connectivity index (χ2n) is 2.54. The van der Waals surface area contributed by atoms with Crippen molar-refractivity contribution in [3.8, 4) is 0 Å². The van der Waals surface area contributed by atoms with E-state index in [1.807, 2.05) is 0 Å². The van der Waals surface area contributed by atoms with Gasteiger partial charge in [0.05, 0.1) is 6.54 Å². The maximum absolute atomic E-state index is 3.40. The topological polar surface area (TPSA) is 12.0 Å². The van der Waals surface area contributed by atoms with Gasteiger partial charge in [-0.05, 0) is 31.7 Å². The molecule has 0 saturated heterocycles. The summed E-state index contributed by atoms with van der Waals surface area (Å²) in [4.78, 5) is 0. The third-order valence-corrected chi connectivity index (χ3v) is 1.76. The van der Waals surface area contributed by atoms with E-state index in [4.69, 9.17) is 0 Å². The van der Waals surface area contributed by atoms with Gasteiger partial charge in [-0.2, -0.15) is 0 Å². The molecule has 0 bridgehead atoms. The molecule has 0 aliphatic rings. The molecule has 0 radical (unpaired) electrons. The predicted molar refractivity (Wildman–Crippen MR) is 54.7 cm³/mol. The molecule has 0 unspecified atom stereocenters. The van der Waals surface area contributed by atoms with Gasteiger partial charge in [0.1, 0.15) is 5.75 Å². The van der Waals surface area contributed by atoms with Crippen LogP contribution < -0.4 is 5.32 Å². The van der Waals surface area contributed by atoms with E-state index in [-0.39, 0.29) is 0 Å². The minimum atomic E-state index is 0.972. The van der Waals surface area contributed by atoms with Crippen LogP contribution in [0.25, 0.3) is 0 Å². The summed E-state index contributed by atoms with van der Waals surface area (Å²) in [5.41, 5.74) is 2.49. The Bertz CT molecular complexity index is 205.